The van der Waals surface area contributed by atoms with E-state index < -0.39 is 52.4 Å². The van der Waals surface area contributed by atoms with Crippen LogP contribution in [0.2, 0.25) is 0 Å². The van der Waals surface area contributed by atoms with Gasteiger partial charge in [-0.2, -0.15) is 8.42 Å². The van der Waals surface area contributed by atoms with Gasteiger partial charge in [0.2, 0.25) is 0 Å². The van der Waals surface area contributed by atoms with Crippen molar-refractivity contribution in [3.63, 3.8) is 0 Å². The molecule has 0 amide bonds. The second-order valence-corrected chi connectivity index (χ2v) is 9.87. The van der Waals surface area contributed by atoms with Crippen LogP contribution in [0.1, 0.15) is 33.3 Å². The lowest BCUT2D eigenvalue weighted by atomic mass is 9.99. The van der Waals surface area contributed by atoms with Gasteiger partial charge in [0, 0.05) is 0 Å². The highest BCUT2D eigenvalue weighted by atomic mass is 32.2. The molecule has 0 N–H and O–H groups in total. The van der Waals surface area contributed by atoms with Crippen LogP contribution in [0, 0.1) is 6.92 Å². The van der Waals surface area contributed by atoms with Gasteiger partial charge in [-0.15, -0.1) is 0 Å². The van der Waals surface area contributed by atoms with Crippen molar-refractivity contribution in [3.8, 4) is 0 Å². The molecule has 4 rings (SSSR count). The van der Waals surface area contributed by atoms with Gasteiger partial charge in [-0.25, -0.2) is 0 Å². The van der Waals surface area contributed by atoms with Crippen LogP contribution in [0.3, 0.4) is 0 Å². The summed E-state index contributed by atoms with van der Waals surface area (Å²) in [5.74, 6) is -1.68. The first-order chi connectivity index (χ1) is 13.0. The number of rotatable bonds is 4. The predicted octanol–water partition coefficient (Wildman–Crippen LogP) is 2.10. The van der Waals surface area contributed by atoms with E-state index in [2.05, 4.69) is 0 Å². The summed E-state index contributed by atoms with van der Waals surface area (Å²) in [5.41, 5.74) is 0.961. The van der Waals surface area contributed by atoms with Gasteiger partial charge in [0.25, 0.3) is 10.1 Å². The second-order valence-electron chi connectivity index (χ2n) is 8.26. The molecule has 3 heterocycles. The summed E-state index contributed by atoms with van der Waals surface area (Å²) in [4.78, 5) is 0.0915. The maximum atomic E-state index is 12.5. The zero-order valence-corrected chi connectivity index (χ0v) is 17.4. The van der Waals surface area contributed by atoms with Gasteiger partial charge in [-0.05, 0) is 46.8 Å². The molecule has 3 fully saturated rings. The fourth-order valence-corrected chi connectivity index (χ4v) is 4.68. The number of fused-ring (bicyclic) bond motifs is 3. The van der Waals surface area contributed by atoms with Gasteiger partial charge >= 0.3 is 0 Å². The molecule has 0 bridgehead atoms. The van der Waals surface area contributed by atoms with Crippen molar-refractivity contribution < 1.29 is 36.3 Å². The molecule has 0 spiro atoms. The highest BCUT2D eigenvalue weighted by Gasteiger charge is 2.60. The molecule has 0 aliphatic carbocycles. The average molecular weight is 414 g/mol. The Kier molecular flexibility index (Phi) is 4.86. The third kappa shape index (κ3) is 3.85. The molecule has 8 nitrogen and oxygen atoms in total. The summed E-state index contributed by atoms with van der Waals surface area (Å²) in [5, 5.41) is 0. The van der Waals surface area contributed by atoms with Crippen LogP contribution in [0.15, 0.2) is 29.2 Å². The topological polar surface area (TPSA) is 89.5 Å². The van der Waals surface area contributed by atoms with Crippen molar-refractivity contribution in [1.29, 1.82) is 0 Å². The SMILES string of the molecule is Cc1ccc(S(=O)(=O)OC[C@H]2O[C@H]3OC(C)(C)O[C@@H]3[C@H]3OC(C)(C)O[C@H]32)cc1. The number of hydrogen-bond donors (Lipinski definition) is 0. The Morgan fingerprint density at radius 3 is 2.14 bits per heavy atom. The summed E-state index contributed by atoms with van der Waals surface area (Å²) in [6, 6.07) is 6.46. The summed E-state index contributed by atoms with van der Waals surface area (Å²) < 4.78 is 60.0. The number of ether oxygens (including phenoxy) is 5. The molecule has 0 saturated carbocycles. The largest absolute Gasteiger partial charge is 0.342 e. The number of hydrogen-bond acceptors (Lipinski definition) is 8. The average Bonchev–Trinajstić information content (AvgIpc) is 3.07. The van der Waals surface area contributed by atoms with E-state index >= 15 is 0 Å². The van der Waals surface area contributed by atoms with E-state index in [4.69, 9.17) is 27.9 Å². The van der Waals surface area contributed by atoms with E-state index in [1.54, 1.807) is 39.8 Å². The maximum Gasteiger partial charge on any atom is 0.297 e. The predicted molar refractivity (Wildman–Crippen MR) is 96.8 cm³/mol. The fourth-order valence-electron chi connectivity index (χ4n) is 3.76. The lowest BCUT2D eigenvalue weighted by Gasteiger charge is -2.36. The zero-order chi connectivity index (χ0) is 20.3. The molecule has 28 heavy (non-hydrogen) atoms. The van der Waals surface area contributed by atoms with E-state index in [-0.39, 0.29) is 11.5 Å². The Hall–Kier alpha value is -1.07. The third-order valence-corrected chi connectivity index (χ3v) is 6.24. The van der Waals surface area contributed by atoms with Crippen LogP contribution in [-0.4, -0.2) is 57.3 Å². The minimum atomic E-state index is -3.93. The van der Waals surface area contributed by atoms with Crippen LogP contribution < -0.4 is 0 Å². The van der Waals surface area contributed by atoms with E-state index in [0.29, 0.717) is 0 Å². The van der Waals surface area contributed by atoms with Crippen molar-refractivity contribution in [3.05, 3.63) is 29.8 Å². The summed E-state index contributed by atoms with van der Waals surface area (Å²) in [6.07, 6.45) is -2.84. The van der Waals surface area contributed by atoms with Gasteiger partial charge < -0.3 is 23.7 Å². The van der Waals surface area contributed by atoms with Gasteiger partial charge in [0.15, 0.2) is 17.9 Å². The number of aryl methyl sites for hydroxylation is 1. The molecule has 0 aromatic heterocycles. The molecule has 1 aromatic carbocycles. The smallest absolute Gasteiger partial charge is 0.297 e. The molecule has 9 heteroatoms. The molecule has 0 unspecified atom stereocenters. The molecule has 5 atom stereocenters. The van der Waals surface area contributed by atoms with E-state index in [9.17, 15) is 8.42 Å². The molecule has 156 valence electrons. The molecule has 3 aliphatic heterocycles. The molecule has 3 saturated heterocycles. The van der Waals surface area contributed by atoms with Gasteiger partial charge in [0.1, 0.15) is 24.4 Å². The first-order valence-corrected chi connectivity index (χ1v) is 10.7. The zero-order valence-electron chi connectivity index (χ0n) is 16.6. The van der Waals surface area contributed by atoms with E-state index in [0.717, 1.165) is 5.56 Å². The standard InChI is InChI=1S/C19H26O8S/c1-11-6-8-12(9-7-11)28(20,21)22-10-13-14-15(25-18(2,3)24-14)16-17(23-13)27-19(4,5)26-16/h6-9,13-17H,10H2,1-5H3/t13-,14+,15+,16-,17+/m1/s1. The van der Waals surface area contributed by atoms with Crippen LogP contribution in [0.4, 0.5) is 0 Å². The lowest BCUT2D eigenvalue weighted by molar-refractivity contribution is -0.238. The normalized spacial score (nSPS) is 36.1. The molecule has 3 aliphatic rings. The monoisotopic (exact) mass is 414 g/mol. The Labute approximate surface area is 165 Å². The van der Waals surface area contributed by atoms with E-state index in [1.165, 1.54) is 12.1 Å². The van der Waals surface area contributed by atoms with Crippen LogP contribution >= 0.6 is 0 Å². The minimum Gasteiger partial charge on any atom is -0.342 e. The Bertz CT molecular complexity index is 832. The van der Waals surface area contributed by atoms with Crippen molar-refractivity contribution in [2.45, 2.75) is 81.8 Å². The minimum absolute atomic E-state index is 0.0915. The Morgan fingerprint density at radius 2 is 1.46 bits per heavy atom. The Morgan fingerprint density at radius 1 is 0.893 bits per heavy atom. The van der Waals surface area contributed by atoms with Crippen molar-refractivity contribution >= 4 is 10.1 Å². The highest BCUT2D eigenvalue weighted by molar-refractivity contribution is 7.86. The molecule has 0 radical (unpaired) electrons. The fraction of sp³-hybridized carbons (Fsp3) is 0.684. The maximum absolute atomic E-state index is 12.5. The van der Waals surface area contributed by atoms with Gasteiger partial charge in [0.05, 0.1) is 11.5 Å². The molecular formula is C19H26O8S. The van der Waals surface area contributed by atoms with Crippen LogP contribution in [0.25, 0.3) is 0 Å². The Balaban J connectivity index is 1.52. The summed E-state index contributed by atoms with van der Waals surface area (Å²) in [6.45, 7) is 8.83. The van der Waals surface area contributed by atoms with Gasteiger partial charge in [-0.1, -0.05) is 17.7 Å². The van der Waals surface area contributed by atoms with E-state index in [1.807, 2.05) is 6.92 Å². The first-order valence-electron chi connectivity index (χ1n) is 9.29. The van der Waals surface area contributed by atoms with Crippen LogP contribution in [0.5, 0.6) is 0 Å². The van der Waals surface area contributed by atoms with Crippen molar-refractivity contribution in [2.24, 2.45) is 0 Å². The molecule has 1 aromatic rings. The van der Waals surface area contributed by atoms with Crippen LogP contribution in [-0.2, 0) is 38.0 Å². The quantitative estimate of drug-likeness (QED) is 0.692. The summed E-state index contributed by atoms with van der Waals surface area (Å²) >= 11 is 0. The van der Waals surface area contributed by atoms with Crippen molar-refractivity contribution in [2.75, 3.05) is 6.61 Å². The second kappa shape index (κ2) is 6.73. The number of benzene rings is 1. The molecular weight excluding hydrogens is 388 g/mol. The summed E-state index contributed by atoms with van der Waals surface area (Å²) in [7, 11) is -3.93. The lowest BCUT2D eigenvalue weighted by Crippen LogP contribution is -2.56. The third-order valence-electron chi connectivity index (χ3n) is 4.95. The highest BCUT2D eigenvalue weighted by Crippen LogP contribution is 2.44. The first kappa shape index (κ1) is 20.2. The van der Waals surface area contributed by atoms with Gasteiger partial charge in [-0.3, -0.25) is 4.18 Å². The van der Waals surface area contributed by atoms with Crippen molar-refractivity contribution in [1.82, 2.24) is 0 Å².